The Morgan fingerprint density at radius 3 is 2.32 bits per heavy atom. The third-order valence-corrected chi connectivity index (χ3v) is 3.48. The van der Waals surface area contributed by atoms with Crippen LogP contribution in [0.5, 0.6) is 11.5 Å². The summed E-state index contributed by atoms with van der Waals surface area (Å²) in [5.41, 5.74) is 20.1. The van der Waals surface area contributed by atoms with Crippen molar-refractivity contribution in [2.45, 2.75) is 6.42 Å². The molecule has 6 N–H and O–H groups in total. The zero-order valence-electron chi connectivity index (χ0n) is 12.6. The number of para-hydroxylation sites is 1. The van der Waals surface area contributed by atoms with Crippen LogP contribution >= 0.6 is 0 Å². The van der Waals surface area contributed by atoms with Gasteiger partial charge < -0.3 is 26.7 Å². The lowest BCUT2D eigenvalue weighted by molar-refractivity contribution is 0.0997. The fourth-order valence-electron chi connectivity index (χ4n) is 2.29. The minimum absolute atomic E-state index is 0.292. The minimum atomic E-state index is -0.568. The van der Waals surface area contributed by atoms with Crippen molar-refractivity contribution in [1.29, 1.82) is 0 Å². The molecule has 0 radical (unpaired) electrons. The molecular formula is C16H19N3O3. The van der Waals surface area contributed by atoms with Gasteiger partial charge in [-0.1, -0.05) is 12.1 Å². The summed E-state index contributed by atoms with van der Waals surface area (Å²) in [7, 11) is 3.02. The van der Waals surface area contributed by atoms with E-state index in [2.05, 4.69) is 0 Å². The van der Waals surface area contributed by atoms with Crippen LogP contribution in [0, 0.1) is 0 Å². The molecule has 2 aromatic rings. The highest BCUT2D eigenvalue weighted by Gasteiger charge is 2.16. The molecule has 0 spiro atoms. The maximum Gasteiger partial charge on any atom is 0.252 e. The van der Waals surface area contributed by atoms with Gasteiger partial charge in [0.05, 0.1) is 31.2 Å². The van der Waals surface area contributed by atoms with Crippen molar-refractivity contribution in [3.63, 3.8) is 0 Å². The highest BCUT2D eigenvalue weighted by molar-refractivity contribution is 5.96. The second-order valence-corrected chi connectivity index (χ2v) is 4.83. The predicted octanol–water partition coefficient (Wildman–Crippen LogP) is 1.56. The zero-order valence-corrected chi connectivity index (χ0v) is 12.6. The summed E-state index contributed by atoms with van der Waals surface area (Å²) in [6.45, 7) is 0. The van der Waals surface area contributed by atoms with E-state index >= 15 is 0 Å². The molecule has 6 heteroatoms. The van der Waals surface area contributed by atoms with Gasteiger partial charge in [-0.3, -0.25) is 4.79 Å². The minimum Gasteiger partial charge on any atom is -0.496 e. The largest absolute Gasteiger partial charge is 0.496 e. The molecule has 6 nitrogen and oxygen atoms in total. The highest BCUT2D eigenvalue weighted by atomic mass is 16.5. The average Bonchev–Trinajstić information content (AvgIpc) is 2.51. The number of primary amides is 1. The van der Waals surface area contributed by atoms with E-state index in [4.69, 9.17) is 26.7 Å². The molecule has 0 aliphatic carbocycles. The van der Waals surface area contributed by atoms with Gasteiger partial charge in [0.15, 0.2) is 0 Å². The first kappa shape index (κ1) is 15.5. The monoisotopic (exact) mass is 301 g/mol. The molecule has 0 aromatic heterocycles. The number of rotatable bonds is 5. The molecule has 0 unspecified atom stereocenters. The Balaban J connectivity index is 2.52. The van der Waals surface area contributed by atoms with Gasteiger partial charge in [0, 0.05) is 12.5 Å². The van der Waals surface area contributed by atoms with Gasteiger partial charge in [-0.15, -0.1) is 0 Å². The van der Waals surface area contributed by atoms with Gasteiger partial charge in [-0.2, -0.15) is 0 Å². The number of anilines is 2. The molecular weight excluding hydrogens is 282 g/mol. The van der Waals surface area contributed by atoms with Crippen molar-refractivity contribution in [3.8, 4) is 11.5 Å². The third kappa shape index (κ3) is 2.90. The van der Waals surface area contributed by atoms with Gasteiger partial charge in [0.2, 0.25) is 0 Å². The quantitative estimate of drug-likeness (QED) is 0.725. The molecule has 0 heterocycles. The van der Waals surface area contributed by atoms with Gasteiger partial charge in [-0.25, -0.2) is 0 Å². The van der Waals surface area contributed by atoms with E-state index in [-0.39, 0.29) is 0 Å². The van der Waals surface area contributed by atoms with Crippen LogP contribution in [-0.4, -0.2) is 20.1 Å². The number of methoxy groups -OCH3 is 2. The number of carbonyl (C=O) groups is 1. The van der Waals surface area contributed by atoms with Gasteiger partial charge >= 0.3 is 0 Å². The first-order valence-corrected chi connectivity index (χ1v) is 6.65. The molecule has 0 atom stereocenters. The van der Waals surface area contributed by atoms with Crippen molar-refractivity contribution < 1.29 is 14.3 Å². The zero-order chi connectivity index (χ0) is 16.3. The SMILES string of the molecule is COc1cc(OC)c(C(N)=O)cc1Cc1cccc(N)c1N. The van der Waals surface area contributed by atoms with Crippen LogP contribution in [-0.2, 0) is 6.42 Å². The van der Waals surface area contributed by atoms with E-state index in [0.29, 0.717) is 34.9 Å². The summed E-state index contributed by atoms with van der Waals surface area (Å²) in [4.78, 5) is 11.6. The number of ether oxygens (including phenoxy) is 2. The van der Waals surface area contributed by atoms with E-state index in [0.717, 1.165) is 11.1 Å². The lowest BCUT2D eigenvalue weighted by Crippen LogP contribution is -2.13. The Hall–Kier alpha value is -2.89. The number of carbonyl (C=O) groups excluding carboxylic acids is 1. The third-order valence-electron chi connectivity index (χ3n) is 3.48. The van der Waals surface area contributed by atoms with Crippen LogP contribution < -0.4 is 26.7 Å². The topological polar surface area (TPSA) is 114 Å². The number of hydrogen-bond donors (Lipinski definition) is 3. The van der Waals surface area contributed by atoms with Gasteiger partial charge in [0.25, 0.3) is 5.91 Å². The molecule has 22 heavy (non-hydrogen) atoms. The Morgan fingerprint density at radius 2 is 1.73 bits per heavy atom. The molecule has 0 bridgehead atoms. The second kappa shape index (κ2) is 6.26. The van der Waals surface area contributed by atoms with E-state index < -0.39 is 5.91 Å². The summed E-state index contributed by atoms with van der Waals surface area (Å²) in [6.07, 6.45) is 0.463. The Kier molecular flexibility index (Phi) is 4.41. The Bertz CT molecular complexity index is 714. The molecule has 0 aliphatic rings. The molecule has 116 valence electrons. The standard InChI is InChI=1S/C16H19N3O3/c1-21-13-8-14(22-2)11(16(19)20)7-10(13)6-9-4-3-5-12(17)15(9)18/h3-5,7-8H,6,17-18H2,1-2H3,(H2,19,20). The van der Waals surface area contributed by atoms with E-state index in [1.54, 1.807) is 25.3 Å². The summed E-state index contributed by atoms with van der Waals surface area (Å²) in [5.74, 6) is 0.388. The van der Waals surface area contributed by atoms with Crippen LogP contribution in [0.15, 0.2) is 30.3 Å². The smallest absolute Gasteiger partial charge is 0.252 e. The summed E-state index contributed by atoms with van der Waals surface area (Å²) >= 11 is 0. The molecule has 0 saturated heterocycles. The molecule has 1 amide bonds. The van der Waals surface area contributed by atoms with Crippen molar-refractivity contribution in [3.05, 3.63) is 47.0 Å². The number of hydrogen-bond acceptors (Lipinski definition) is 5. The van der Waals surface area contributed by atoms with Crippen molar-refractivity contribution >= 4 is 17.3 Å². The Labute approximate surface area is 128 Å². The first-order valence-electron chi connectivity index (χ1n) is 6.65. The van der Waals surface area contributed by atoms with E-state index in [9.17, 15) is 4.79 Å². The summed E-state index contributed by atoms with van der Waals surface area (Å²) in [6, 6.07) is 8.73. The number of benzene rings is 2. The van der Waals surface area contributed by atoms with Crippen LogP contribution in [0.3, 0.4) is 0 Å². The van der Waals surface area contributed by atoms with Crippen molar-refractivity contribution in [2.24, 2.45) is 5.73 Å². The van der Waals surface area contributed by atoms with Crippen LogP contribution in [0.4, 0.5) is 11.4 Å². The highest BCUT2D eigenvalue weighted by Crippen LogP contribution is 2.32. The van der Waals surface area contributed by atoms with Crippen molar-refractivity contribution in [2.75, 3.05) is 25.7 Å². The summed E-state index contributed by atoms with van der Waals surface area (Å²) < 4.78 is 10.5. The number of nitrogens with two attached hydrogens (primary N) is 3. The van der Waals surface area contributed by atoms with Crippen LogP contribution in [0.25, 0.3) is 0 Å². The summed E-state index contributed by atoms with van der Waals surface area (Å²) in [5, 5.41) is 0. The maximum absolute atomic E-state index is 11.6. The Morgan fingerprint density at radius 1 is 1.05 bits per heavy atom. The first-order chi connectivity index (χ1) is 10.5. The number of nitrogen functional groups attached to an aromatic ring is 2. The fraction of sp³-hybridized carbons (Fsp3) is 0.188. The molecule has 2 rings (SSSR count). The molecule has 2 aromatic carbocycles. The van der Waals surface area contributed by atoms with Crippen LogP contribution in [0.1, 0.15) is 21.5 Å². The molecule has 0 fully saturated rings. The lowest BCUT2D eigenvalue weighted by Gasteiger charge is -2.15. The van der Waals surface area contributed by atoms with Gasteiger partial charge in [-0.05, 0) is 23.3 Å². The lowest BCUT2D eigenvalue weighted by atomic mass is 9.99. The normalized spacial score (nSPS) is 10.3. The predicted molar refractivity (Wildman–Crippen MR) is 86.1 cm³/mol. The van der Waals surface area contributed by atoms with Crippen molar-refractivity contribution in [1.82, 2.24) is 0 Å². The van der Waals surface area contributed by atoms with E-state index in [1.165, 1.54) is 7.11 Å². The van der Waals surface area contributed by atoms with E-state index in [1.807, 2.05) is 12.1 Å². The van der Waals surface area contributed by atoms with Gasteiger partial charge in [0.1, 0.15) is 11.5 Å². The fourth-order valence-corrected chi connectivity index (χ4v) is 2.29. The number of amides is 1. The van der Waals surface area contributed by atoms with Crippen LogP contribution in [0.2, 0.25) is 0 Å². The maximum atomic E-state index is 11.6. The average molecular weight is 301 g/mol. The molecule has 0 aliphatic heterocycles. The molecule has 0 saturated carbocycles. The second-order valence-electron chi connectivity index (χ2n) is 4.83.